The summed E-state index contributed by atoms with van der Waals surface area (Å²) in [5.41, 5.74) is 5.56. The molecule has 1 heterocycles. The van der Waals surface area contributed by atoms with Gasteiger partial charge in [0.15, 0.2) is 0 Å². The van der Waals surface area contributed by atoms with E-state index in [1.54, 1.807) is 0 Å². The van der Waals surface area contributed by atoms with E-state index >= 15 is 0 Å². The summed E-state index contributed by atoms with van der Waals surface area (Å²) in [5.74, 6) is 0.269. The first-order chi connectivity index (χ1) is 7.88. The van der Waals surface area contributed by atoms with E-state index in [1.165, 1.54) is 0 Å². The minimum atomic E-state index is -0.460. The summed E-state index contributed by atoms with van der Waals surface area (Å²) in [7, 11) is 0. The molecule has 0 bridgehead atoms. The van der Waals surface area contributed by atoms with Gasteiger partial charge in [-0.3, -0.25) is 0 Å². The molecule has 17 heavy (non-hydrogen) atoms. The number of hydrogen-bond acceptors (Lipinski definition) is 4. The van der Waals surface area contributed by atoms with Gasteiger partial charge in [0.05, 0.1) is 0 Å². The van der Waals surface area contributed by atoms with Crippen LogP contribution in [0.15, 0.2) is 0 Å². The second-order valence-corrected chi connectivity index (χ2v) is 5.50. The van der Waals surface area contributed by atoms with Crippen LogP contribution in [0.25, 0.3) is 0 Å². The molecular weight excluding hydrogens is 220 g/mol. The van der Waals surface area contributed by atoms with Crippen molar-refractivity contribution >= 4 is 6.09 Å². The Morgan fingerprint density at radius 1 is 1.41 bits per heavy atom. The van der Waals surface area contributed by atoms with Gasteiger partial charge in [-0.15, -0.1) is 0 Å². The number of carbonyl (C=O) groups is 1. The molecule has 0 aromatic carbocycles. The Morgan fingerprint density at radius 3 is 2.71 bits per heavy atom. The molecule has 1 saturated heterocycles. The van der Waals surface area contributed by atoms with Crippen molar-refractivity contribution in [3.63, 3.8) is 0 Å². The zero-order chi connectivity index (χ0) is 12.9. The lowest BCUT2D eigenvalue weighted by atomic mass is 9.96. The van der Waals surface area contributed by atoms with Crippen molar-refractivity contribution in [3.05, 3.63) is 0 Å². The predicted molar refractivity (Wildman–Crippen MR) is 65.8 cm³/mol. The molecule has 0 aromatic heterocycles. The van der Waals surface area contributed by atoms with Crippen LogP contribution < -0.4 is 11.1 Å². The van der Waals surface area contributed by atoms with Crippen molar-refractivity contribution in [3.8, 4) is 0 Å². The highest BCUT2D eigenvalue weighted by Gasteiger charge is 2.22. The number of hydrogen-bond donors (Lipinski definition) is 2. The SMILES string of the molecule is CC(C)(C)OC(=O)NCC1CCOCCC1N. The van der Waals surface area contributed by atoms with Gasteiger partial charge in [0.2, 0.25) is 0 Å². The Balaban J connectivity index is 2.31. The second kappa shape index (κ2) is 6.21. The first kappa shape index (κ1) is 14.3. The molecule has 3 N–H and O–H groups in total. The molecule has 0 saturated carbocycles. The molecule has 2 atom stereocenters. The summed E-state index contributed by atoms with van der Waals surface area (Å²) in [6.07, 6.45) is 1.35. The van der Waals surface area contributed by atoms with E-state index in [-0.39, 0.29) is 18.1 Å². The molecular formula is C12H24N2O3. The first-order valence-corrected chi connectivity index (χ1v) is 6.18. The third-order valence-electron chi connectivity index (χ3n) is 2.74. The quantitative estimate of drug-likeness (QED) is 0.767. The van der Waals surface area contributed by atoms with Gasteiger partial charge in [0.1, 0.15) is 5.60 Å². The van der Waals surface area contributed by atoms with E-state index in [0.29, 0.717) is 19.8 Å². The standard InChI is InChI=1S/C12H24N2O3/c1-12(2,3)17-11(15)14-8-9-4-6-16-7-5-10(9)13/h9-10H,4-8,13H2,1-3H3,(H,14,15). The molecule has 1 aliphatic rings. The van der Waals surface area contributed by atoms with Crippen LogP contribution in [0.5, 0.6) is 0 Å². The average molecular weight is 244 g/mol. The lowest BCUT2D eigenvalue weighted by Gasteiger charge is -2.23. The fraction of sp³-hybridized carbons (Fsp3) is 0.917. The summed E-state index contributed by atoms with van der Waals surface area (Å²) in [6, 6.07) is 0.0902. The van der Waals surface area contributed by atoms with Gasteiger partial charge in [-0.1, -0.05) is 0 Å². The van der Waals surface area contributed by atoms with Crippen LogP contribution in [0, 0.1) is 5.92 Å². The van der Waals surface area contributed by atoms with Crippen molar-refractivity contribution < 1.29 is 14.3 Å². The highest BCUT2D eigenvalue weighted by molar-refractivity contribution is 5.67. The average Bonchev–Trinajstić information content (AvgIpc) is 2.37. The molecule has 5 nitrogen and oxygen atoms in total. The van der Waals surface area contributed by atoms with Crippen LogP contribution in [-0.2, 0) is 9.47 Å². The van der Waals surface area contributed by atoms with E-state index in [0.717, 1.165) is 12.8 Å². The number of nitrogens with two attached hydrogens (primary N) is 1. The Kier molecular flexibility index (Phi) is 5.21. The number of ether oxygens (including phenoxy) is 2. The van der Waals surface area contributed by atoms with Gasteiger partial charge >= 0.3 is 6.09 Å². The Bertz CT molecular complexity index is 251. The van der Waals surface area contributed by atoms with Gasteiger partial charge in [0.25, 0.3) is 0 Å². The third kappa shape index (κ3) is 5.89. The molecule has 2 unspecified atom stereocenters. The van der Waals surface area contributed by atoms with E-state index in [4.69, 9.17) is 15.2 Å². The smallest absolute Gasteiger partial charge is 0.407 e. The van der Waals surface area contributed by atoms with Crippen molar-refractivity contribution in [2.45, 2.75) is 45.3 Å². The zero-order valence-electron chi connectivity index (χ0n) is 11.0. The molecule has 1 aliphatic heterocycles. The third-order valence-corrected chi connectivity index (χ3v) is 2.74. The van der Waals surface area contributed by atoms with Gasteiger partial charge < -0.3 is 20.5 Å². The minimum absolute atomic E-state index is 0.0902. The summed E-state index contributed by atoms with van der Waals surface area (Å²) in [4.78, 5) is 11.5. The maximum atomic E-state index is 11.5. The topological polar surface area (TPSA) is 73.6 Å². The maximum absolute atomic E-state index is 11.5. The predicted octanol–water partition coefficient (Wildman–Crippen LogP) is 1.26. The van der Waals surface area contributed by atoms with Crippen molar-refractivity contribution in [1.82, 2.24) is 5.32 Å². The van der Waals surface area contributed by atoms with Gasteiger partial charge in [-0.05, 0) is 39.5 Å². The molecule has 0 aromatic rings. The van der Waals surface area contributed by atoms with Gasteiger partial charge in [0, 0.05) is 25.8 Å². The minimum Gasteiger partial charge on any atom is -0.444 e. The van der Waals surface area contributed by atoms with E-state index in [1.807, 2.05) is 20.8 Å². The summed E-state index contributed by atoms with van der Waals surface area (Å²) in [6.45, 7) is 7.52. The monoisotopic (exact) mass is 244 g/mol. The van der Waals surface area contributed by atoms with Crippen LogP contribution in [0.2, 0.25) is 0 Å². The van der Waals surface area contributed by atoms with Crippen LogP contribution >= 0.6 is 0 Å². The highest BCUT2D eigenvalue weighted by Crippen LogP contribution is 2.14. The summed E-state index contributed by atoms with van der Waals surface area (Å²) >= 11 is 0. The van der Waals surface area contributed by atoms with Gasteiger partial charge in [-0.25, -0.2) is 4.79 Å². The fourth-order valence-corrected chi connectivity index (χ4v) is 1.79. The summed E-state index contributed by atoms with van der Waals surface area (Å²) < 4.78 is 10.5. The molecule has 1 fully saturated rings. The largest absolute Gasteiger partial charge is 0.444 e. The second-order valence-electron chi connectivity index (χ2n) is 5.50. The zero-order valence-corrected chi connectivity index (χ0v) is 11.0. The lowest BCUT2D eigenvalue weighted by Crippen LogP contribution is -2.41. The lowest BCUT2D eigenvalue weighted by molar-refractivity contribution is 0.0515. The maximum Gasteiger partial charge on any atom is 0.407 e. The van der Waals surface area contributed by atoms with Crippen molar-refractivity contribution in [1.29, 1.82) is 0 Å². The van der Waals surface area contributed by atoms with Gasteiger partial charge in [-0.2, -0.15) is 0 Å². The van der Waals surface area contributed by atoms with E-state index in [9.17, 15) is 4.79 Å². The van der Waals surface area contributed by atoms with Crippen LogP contribution in [0.4, 0.5) is 4.79 Å². The molecule has 1 amide bonds. The van der Waals surface area contributed by atoms with E-state index in [2.05, 4.69) is 5.32 Å². The number of carbonyl (C=O) groups excluding carboxylic acids is 1. The van der Waals surface area contributed by atoms with Crippen molar-refractivity contribution in [2.75, 3.05) is 19.8 Å². The number of alkyl carbamates (subject to hydrolysis) is 1. The number of rotatable bonds is 2. The Hall–Kier alpha value is -0.810. The molecule has 5 heteroatoms. The van der Waals surface area contributed by atoms with Crippen LogP contribution in [-0.4, -0.2) is 37.5 Å². The Morgan fingerprint density at radius 2 is 2.06 bits per heavy atom. The normalized spacial score (nSPS) is 26.1. The molecule has 1 rings (SSSR count). The summed E-state index contributed by atoms with van der Waals surface area (Å²) in [5, 5.41) is 2.77. The molecule has 0 aliphatic carbocycles. The molecule has 0 spiro atoms. The van der Waals surface area contributed by atoms with Crippen LogP contribution in [0.1, 0.15) is 33.6 Å². The van der Waals surface area contributed by atoms with E-state index < -0.39 is 5.60 Å². The molecule has 100 valence electrons. The number of amides is 1. The number of nitrogens with one attached hydrogen (secondary N) is 1. The van der Waals surface area contributed by atoms with Crippen LogP contribution in [0.3, 0.4) is 0 Å². The first-order valence-electron chi connectivity index (χ1n) is 6.18. The fourth-order valence-electron chi connectivity index (χ4n) is 1.79. The van der Waals surface area contributed by atoms with Crippen molar-refractivity contribution in [2.24, 2.45) is 11.7 Å². The Labute approximate surface area is 103 Å². The molecule has 0 radical (unpaired) electrons. The highest BCUT2D eigenvalue weighted by atomic mass is 16.6.